The first kappa shape index (κ1) is 16.1. The lowest BCUT2D eigenvalue weighted by Gasteiger charge is -2.08. The number of hydrogen-bond acceptors (Lipinski definition) is 3. The van der Waals surface area contributed by atoms with Crippen molar-refractivity contribution in [3.63, 3.8) is 0 Å². The van der Waals surface area contributed by atoms with E-state index in [1.54, 1.807) is 24.3 Å². The molecule has 0 aliphatic rings. The van der Waals surface area contributed by atoms with Gasteiger partial charge in [0.2, 0.25) is 0 Å². The summed E-state index contributed by atoms with van der Waals surface area (Å²) in [4.78, 5) is 23.7. The topological polar surface area (TPSA) is 67.4 Å². The van der Waals surface area contributed by atoms with Crippen LogP contribution in [-0.4, -0.2) is 18.9 Å². The van der Waals surface area contributed by atoms with Gasteiger partial charge in [0, 0.05) is 27.5 Å². The predicted octanol–water partition coefficient (Wildman–Crippen LogP) is 3.58. The van der Waals surface area contributed by atoms with Gasteiger partial charge in [-0.05, 0) is 30.3 Å². The van der Waals surface area contributed by atoms with Crippen LogP contribution in [0.2, 0.25) is 10.0 Å². The van der Waals surface area contributed by atoms with Gasteiger partial charge in [0.05, 0.1) is 7.11 Å². The maximum Gasteiger partial charge on any atom is 0.314 e. The number of nitrogens with one attached hydrogen (secondary N) is 2. The van der Waals surface area contributed by atoms with Crippen LogP contribution in [0.4, 0.5) is 11.4 Å². The molecular weight excluding hydrogens is 327 g/mol. The van der Waals surface area contributed by atoms with Gasteiger partial charge in [-0.15, -0.1) is 0 Å². The van der Waals surface area contributed by atoms with Crippen LogP contribution >= 0.6 is 23.2 Å². The quantitative estimate of drug-likeness (QED) is 0.840. The van der Waals surface area contributed by atoms with Crippen LogP contribution in [0, 0.1) is 0 Å². The van der Waals surface area contributed by atoms with Crippen LogP contribution in [0.3, 0.4) is 0 Å². The Balaban J connectivity index is 2.04. The molecule has 22 heavy (non-hydrogen) atoms. The maximum absolute atomic E-state index is 11.9. The Morgan fingerprint density at radius 1 is 0.909 bits per heavy atom. The van der Waals surface area contributed by atoms with E-state index in [1.807, 2.05) is 0 Å². The number of anilines is 2. The molecule has 0 fully saturated rings. The molecule has 0 aliphatic carbocycles. The molecule has 0 saturated carbocycles. The average molecular weight is 339 g/mol. The molecule has 2 aromatic rings. The molecule has 0 spiro atoms. The minimum absolute atomic E-state index is 0.336. The highest BCUT2D eigenvalue weighted by Gasteiger charge is 2.14. The minimum Gasteiger partial charge on any atom is -0.497 e. The fraction of sp³-hybridized carbons (Fsp3) is 0.0667. The number of rotatable bonds is 3. The second-order valence-corrected chi connectivity index (χ2v) is 5.17. The predicted molar refractivity (Wildman–Crippen MR) is 86.7 cm³/mol. The van der Waals surface area contributed by atoms with Gasteiger partial charge in [-0.2, -0.15) is 0 Å². The van der Waals surface area contributed by atoms with Crippen LogP contribution in [0.5, 0.6) is 5.75 Å². The van der Waals surface area contributed by atoms with Crippen molar-refractivity contribution in [1.82, 2.24) is 0 Å². The third-order valence-corrected chi connectivity index (χ3v) is 3.09. The lowest BCUT2D eigenvalue weighted by atomic mass is 10.3. The summed E-state index contributed by atoms with van der Waals surface area (Å²) in [5.41, 5.74) is 0.784. The van der Waals surface area contributed by atoms with E-state index >= 15 is 0 Å². The summed E-state index contributed by atoms with van der Waals surface area (Å²) in [6.45, 7) is 0. The fourth-order valence-corrected chi connectivity index (χ4v) is 2.23. The van der Waals surface area contributed by atoms with Gasteiger partial charge in [0.25, 0.3) is 0 Å². The van der Waals surface area contributed by atoms with Crippen LogP contribution in [0.25, 0.3) is 0 Å². The smallest absolute Gasteiger partial charge is 0.314 e. The summed E-state index contributed by atoms with van der Waals surface area (Å²) in [5, 5.41) is 5.60. The number of carbonyl (C=O) groups is 2. The standard InChI is InChI=1S/C15H12Cl2N2O3/c1-22-13-4-2-3-11(8-13)18-14(20)15(21)19-12-6-9(16)5-10(17)7-12/h2-8H,1H3,(H,18,20)(H,19,21). The Kier molecular flexibility index (Phi) is 5.25. The molecule has 0 bridgehead atoms. The van der Waals surface area contributed by atoms with Crippen molar-refractivity contribution in [3.8, 4) is 5.75 Å². The molecule has 0 saturated heterocycles. The van der Waals surface area contributed by atoms with Crippen LogP contribution in [-0.2, 0) is 9.59 Å². The molecule has 0 heterocycles. The van der Waals surface area contributed by atoms with E-state index in [1.165, 1.54) is 25.3 Å². The number of ether oxygens (including phenoxy) is 1. The maximum atomic E-state index is 11.9. The van der Waals surface area contributed by atoms with Gasteiger partial charge >= 0.3 is 11.8 Å². The van der Waals surface area contributed by atoms with Gasteiger partial charge < -0.3 is 15.4 Å². The normalized spacial score (nSPS) is 9.95. The van der Waals surface area contributed by atoms with E-state index in [4.69, 9.17) is 27.9 Å². The molecule has 2 aromatic carbocycles. The third kappa shape index (κ3) is 4.38. The zero-order valence-corrected chi connectivity index (χ0v) is 13.0. The molecule has 0 aliphatic heterocycles. The Hall–Kier alpha value is -2.24. The molecular formula is C15H12Cl2N2O3. The van der Waals surface area contributed by atoms with Crippen LogP contribution in [0.15, 0.2) is 42.5 Å². The first-order valence-corrected chi connectivity index (χ1v) is 6.96. The summed E-state index contributed by atoms with van der Waals surface area (Å²) in [6, 6.07) is 11.2. The van der Waals surface area contributed by atoms with E-state index in [0.717, 1.165) is 0 Å². The van der Waals surface area contributed by atoms with Crippen LogP contribution < -0.4 is 15.4 Å². The van der Waals surface area contributed by atoms with Crippen molar-refractivity contribution in [2.24, 2.45) is 0 Å². The van der Waals surface area contributed by atoms with Crippen LogP contribution in [0.1, 0.15) is 0 Å². The highest BCUT2D eigenvalue weighted by molar-refractivity contribution is 6.44. The number of carbonyl (C=O) groups excluding carboxylic acids is 2. The van der Waals surface area contributed by atoms with Gasteiger partial charge in [-0.25, -0.2) is 0 Å². The molecule has 0 aromatic heterocycles. The average Bonchev–Trinajstić information content (AvgIpc) is 2.46. The van der Waals surface area contributed by atoms with Gasteiger partial charge in [-0.3, -0.25) is 9.59 Å². The molecule has 0 atom stereocenters. The molecule has 2 N–H and O–H groups in total. The lowest BCUT2D eigenvalue weighted by Crippen LogP contribution is -2.29. The number of methoxy groups -OCH3 is 1. The SMILES string of the molecule is COc1cccc(NC(=O)C(=O)Nc2cc(Cl)cc(Cl)c2)c1. The second-order valence-electron chi connectivity index (χ2n) is 4.30. The Bertz CT molecular complexity index is 699. The fourth-order valence-electron chi connectivity index (χ4n) is 1.70. The molecule has 0 unspecified atom stereocenters. The van der Waals surface area contributed by atoms with E-state index in [-0.39, 0.29) is 0 Å². The molecule has 7 heteroatoms. The van der Waals surface area contributed by atoms with E-state index in [0.29, 0.717) is 27.2 Å². The van der Waals surface area contributed by atoms with Crippen molar-refractivity contribution >= 4 is 46.4 Å². The summed E-state index contributed by atoms with van der Waals surface area (Å²) >= 11 is 11.7. The second kappa shape index (κ2) is 7.15. The summed E-state index contributed by atoms with van der Waals surface area (Å²) in [5.74, 6) is -1.08. The Morgan fingerprint density at radius 2 is 1.50 bits per heavy atom. The largest absolute Gasteiger partial charge is 0.497 e. The number of benzene rings is 2. The first-order chi connectivity index (χ1) is 10.5. The van der Waals surface area contributed by atoms with E-state index in [2.05, 4.69) is 10.6 Å². The monoisotopic (exact) mass is 338 g/mol. The highest BCUT2D eigenvalue weighted by atomic mass is 35.5. The van der Waals surface area contributed by atoms with Crippen molar-refractivity contribution in [2.45, 2.75) is 0 Å². The minimum atomic E-state index is -0.832. The van der Waals surface area contributed by atoms with Crippen molar-refractivity contribution in [2.75, 3.05) is 17.7 Å². The van der Waals surface area contributed by atoms with Gasteiger partial charge in [0.15, 0.2) is 0 Å². The third-order valence-electron chi connectivity index (χ3n) is 2.65. The number of hydrogen-bond donors (Lipinski definition) is 2. The zero-order valence-electron chi connectivity index (χ0n) is 11.5. The van der Waals surface area contributed by atoms with Crippen molar-refractivity contribution < 1.29 is 14.3 Å². The zero-order chi connectivity index (χ0) is 16.1. The number of halogens is 2. The molecule has 2 amide bonds. The first-order valence-electron chi connectivity index (χ1n) is 6.20. The Labute approximate surface area is 137 Å². The van der Waals surface area contributed by atoms with Crippen molar-refractivity contribution in [1.29, 1.82) is 0 Å². The lowest BCUT2D eigenvalue weighted by molar-refractivity contribution is -0.132. The molecule has 0 radical (unpaired) electrons. The summed E-state index contributed by atoms with van der Waals surface area (Å²) in [6.07, 6.45) is 0. The molecule has 2 rings (SSSR count). The van der Waals surface area contributed by atoms with Crippen molar-refractivity contribution in [3.05, 3.63) is 52.5 Å². The summed E-state index contributed by atoms with van der Waals surface area (Å²) < 4.78 is 5.04. The highest BCUT2D eigenvalue weighted by Crippen LogP contribution is 2.22. The molecule has 5 nitrogen and oxygen atoms in total. The van der Waals surface area contributed by atoms with Gasteiger partial charge in [0.1, 0.15) is 5.75 Å². The number of amides is 2. The van der Waals surface area contributed by atoms with Gasteiger partial charge in [-0.1, -0.05) is 29.3 Å². The Morgan fingerprint density at radius 3 is 2.09 bits per heavy atom. The van der Waals surface area contributed by atoms with E-state index in [9.17, 15) is 9.59 Å². The van der Waals surface area contributed by atoms with E-state index < -0.39 is 11.8 Å². The summed E-state index contributed by atoms with van der Waals surface area (Å²) in [7, 11) is 1.51. The molecule has 114 valence electrons.